The summed E-state index contributed by atoms with van der Waals surface area (Å²) in [6.07, 6.45) is 3.61. The molecule has 2 rings (SSSR count). The SMILES string of the molecule is COc1cccc(C(=O)NCCOCCn2cccn2)c1. The van der Waals surface area contributed by atoms with E-state index in [1.54, 1.807) is 42.3 Å². The first-order chi connectivity index (χ1) is 10.3. The van der Waals surface area contributed by atoms with Gasteiger partial charge in [0.25, 0.3) is 5.91 Å². The minimum Gasteiger partial charge on any atom is -0.497 e. The minimum atomic E-state index is -0.135. The minimum absolute atomic E-state index is 0.135. The molecule has 0 unspecified atom stereocenters. The Balaban J connectivity index is 1.62. The summed E-state index contributed by atoms with van der Waals surface area (Å²) in [5.74, 6) is 0.530. The summed E-state index contributed by atoms with van der Waals surface area (Å²) < 4.78 is 12.3. The van der Waals surface area contributed by atoms with Crippen molar-refractivity contribution in [3.8, 4) is 5.75 Å². The number of methoxy groups -OCH3 is 1. The van der Waals surface area contributed by atoms with Crippen LogP contribution in [-0.2, 0) is 11.3 Å². The van der Waals surface area contributed by atoms with Crippen molar-refractivity contribution < 1.29 is 14.3 Å². The van der Waals surface area contributed by atoms with Crippen LogP contribution in [0.3, 0.4) is 0 Å². The van der Waals surface area contributed by atoms with E-state index in [2.05, 4.69) is 10.4 Å². The van der Waals surface area contributed by atoms with Crippen LogP contribution in [0.2, 0.25) is 0 Å². The van der Waals surface area contributed by atoms with E-state index in [9.17, 15) is 4.79 Å². The van der Waals surface area contributed by atoms with Crippen molar-refractivity contribution in [2.24, 2.45) is 0 Å². The number of nitrogens with one attached hydrogen (secondary N) is 1. The van der Waals surface area contributed by atoms with Crippen LogP contribution in [0.15, 0.2) is 42.7 Å². The van der Waals surface area contributed by atoms with Gasteiger partial charge in [-0.1, -0.05) is 6.07 Å². The van der Waals surface area contributed by atoms with Crippen LogP contribution in [0.1, 0.15) is 10.4 Å². The highest BCUT2D eigenvalue weighted by atomic mass is 16.5. The number of aromatic nitrogens is 2. The molecule has 1 aromatic carbocycles. The summed E-state index contributed by atoms with van der Waals surface area (Å²) in [6, 6.07) is 8.90. The largest absolute Gasteiger partial charge is 0.497 e. The standard InChI is InChI=1S/C15H19N3O3/c1-20-14-5-2-4-13(12-14)15(19)16-7-10-21-11-9-18-8-3-6-17-18/h2-6,8,12H,7,9-11H2,1H3,(H,16,19). The molecule has 0 aliphatic carbocycles. The number of ether oxygens (including phenoxy) is 2. The third-order valence-electron chi connectivity index (χ3n) is 2.89. The van der Waals surface area contributed by atoms with Crippen LogP contribution in [-0.4, -0.2) is 42.6 Å². The van der Waals surface area contributed by atoms with Crippen molar-refractivity contribution in [3.63, 3.8) is 0 Å². The lowest BCUT2D eigenvalue weighted by molar-refractivity contribution is 0.0906. The maximum atomic E-state index is 11.9. The fourth-order valence-electron chi connectivity index (χ4n) is 1.80. The molecule has 0 atom stereocenters. The highest BCUT2D eigenvalue weighted by Crippen LogP contribution is 2.12. The number of amides is 1. The van der Waals surface area contributed by atoms with Gasteiger partial charge in [-0.2, -0.15) is 5.10 Å². The number of rotatable bonds is 8. The summed E-state index contributed by atoms with van der Waals surface area (Å²) in [5.41, 5.74) is 0.575. The first-order valence-corrected chi connectivity index (χ1v) is 6.77. The smallest absolute Gasteiger partial charge is 0.251 e. The van der Waals surface area contributed by atoms with E-state index in [1.165, 1.54) is 0 Å². The topological polar surface area (TPSA) is 65.4 Å². The molecule has 0 fully saturated rings. The van der Waals surface area contributed by atoms with Crippen molar-refractivity contribution >= 4 is 5.91 Å². The zero-order valence-electron chi connectivity index (χ0n) is 12.0. The third kappa shape index (κ3) is 4.92. The number of hydrogen-bond donors (Lipinski definition) is 1. The quantitative estimate of drug-likeness (QED) is 0.745. The van der Waals surface area contributed by atoms with Gasteiger partial charge in [0.2, 0.25) is 0 Å². The third-order valence-corrected chi connectivity index (χ3v) is 2.89. The van der Waals surface area contributed by atoms with Gasteiger partial charge in [0.1, 0.15) is 5.75 Å². The molecule has 112 valence electrons. The predicted octanol–water partition coefficient (Wildman–Crippen LogP) is 1.34. The lowest BCUT2D eigenvalue weighted by Crippen LogP contribution is -2.27. The molecule has 0 spiro atoms. The molecular weight excluding hydrogens is 270 g/mol. The summed E-state index contributed by atoms with van der Waals surface area (Å²) >= 11 is 0. The lowest BCUT2D eigenvalue weighted by atomic mass is 10.2. The number of carbonyl (C=O) groups excluding carboxylic acids is 1. The van der Waals surface area contributed by atoms with Gasteiger partial charge in [-0.3, -0.25) is 9.48 Å². The van der Waals surface area contributed by atoms with Gasteiger partial charge in [0, 0.05) is 24.5 Å². The maximum Gasteiger partial charge on any atom is 0.251 e. The molecule has 6 heteroatoms. The van der Waals surface area contributed by atoms with E-state index in [4.69, 9.17) is 9.47 Å². The monoisotopic (exact) mass is 289 g/mol. The van der Waals surface area contributed by atoms with Gasteiger partial charge in [-0.15, -0.1) is 0 Å². The molecular formula is C15H19N3O3. The second-order valence-corrected chi connectivity index (χ2v) is 4.37. The highest BCUT2D eigenvalue weighted by molar-refractivity contribution is 5.94. The van der Waals surface area contributed by atoms with Crippen LogP contribution in [0.5, 0.6) is 5.75 Å². The molecule has 0 saturated heterocycles. The van der Waals surface area contributed by atoms with Crippen LogP contribution in [0, 0.1) is 0 Å². The summed E-state index contributed by atoms with van der Waals surface area (Å²) in [7, 11) is 1.57. The zero-order chi connectivity index (χ0) is 14.9. The molecule has 1 N–H and O–H groups in total. The summed E-state index contributed by atoms with van der Waals surface area (Å²) in [5, 5.41) is 6.88. The molecule has 1 amide bonds. The Hall–Kier alpha value is -2.34. The van der Waals surface area contributed by atoms with Crippen LogP contribution in [0.25, 0.3) is 0 Å². The normalized spacial score (nSPS) is 10.3. The first-order valence-electron chi connectivity index (χ1n) is 6.77. The van der Waals surface area contributed by atoms with E-state index in [1.807, 2.05) is 12.3 Å². The Bertz CT molecular complexity index is 555. The second kappa shape index (κ2) is 8.06. The molecule has 1 heterocycles. The van der Waals surface area contributed by atoms with E-state index < -0.39 is 0 Å². The number of carbonyl (C=O) groups is 1. The van der Waals surface area contributed by atoms with Gasteiger partial charge in [0.15, 0.2) is 0 Å². The van der Waals surface area contributed by atoms with E-state index in [0.717, 1.165) is 0 Å². The van der Waals surface area contributed by atoms with Crippen LogP contribution in [0.4, 0.5) is 0 Å². The van der Waals surface area contributed by atoms with Crippen molar-refractivity contribution in [2.75, 3.05) is 26.9 Å². The first kappa shape index (κ1) is 15.1. The molecule has 6 nitrogen and oxygen atoms in total. The number of benzene rings is 1. The lowest BCUT2D eigenvalue weighted by Gasteiger charge is -2.07. The Kier molecular flexibility index (Phi) is 5.78. The van der Waals surface area contributed by atoms with Crippen molar-refractivity contribution in [1.29, 1.82) is 0 Å². The van der Waals surface area contributed by atoms with E-state index >= 15 is 0 Å². The average Bonchev–Trinajstić information content (AvgIpc) is 3.04. The van der Waals surface area contributed by atoms with Crippen molar-refractivity contribution in [2.45, 2.75) is 6.54 Å². The van der Waals surface area contributed by atoms with Crippen molar-refractivity contribution in [3.05, 3.63) is 48.3 Å². The molecule has 0 saturated carbocycles. The maximum absolute atomic E-state index is 11.9. The molecule has 0 radical (unpaired) electrons. The Labute approximate surface area is 123 Å². The van der Waals surface area contributed by atoms with Crippen LogP contribution >= 0.6 is 0 Å². The molecule has 21 heavy (non-hydrogen) atoms. The Morgan fingerprint density at radius 1 is 1.33 bits per heavy atom. The fraction of sp³-hybridized carbons (Fsp3) is 0.333. The predicted molar refractivity (Wildman–Crippen MR) is 78.4 cm³/mol. The number of hydrogen-bond acceptors (Lipinski definition) is 4. The van der Waals surface area contributed by atoms with Gasteiger partial charge in [-0.25, -0.2) is 0 Å². The average molecular weight is 289 g/mol. The number of nitrogens with zero attached hydrogens (tertiary/aromatic N) is 2. The Morgan fingerprint density at radius 2 is 2.24 bits per heavy atom. The van der Waals surface area contributed by atoms with Crippen molar-refractivity contribution in [1.82, 2.24) is 15.1 Å². The molecule has 2 aromatic rings. The summed E-state index contributed by atoms with van der Waals surface area (Å²) in [4.78, 5) is 11.9. The molecule has 0 aliphatic heterocycles. The second-order valence-electron chi connectivity index (χ2n) is 4.37. The van der Waals surface area contributed by atoms with Crippen LogP contribution < -0.4 is 10.1 Å². The van der Waals surface area contributed by atoms with E-state index in [-0.39, 0.29) is 5.91 Å². The van der Waals surface area contributed by atoms with Gasteiger partial charge in [0.05, 0.1) is 26.9 Å². The zero-order valence-corrected chi connectivity index (χ0v) is 12.0. The molecule has 1 aromatic heterocycles. The molecule has 0 aliphatic rings. The van der Waals surface area contributed by atoms with Gasteiger partial charge < -0.3 is 14.8 Å². The van der Waals surface area contributed by atoms with Gasteiger partial charge >= 0.3 is 0 Å². The molecule has 0 bridgehead atoms. The van der Waals surface area contributed by atoms with E-state index in [0.29, 0.717) is 37.6 Å². The fourth-order valence-corrected chi connectivity index (χ4v) is 1.80. The van der Waals surface area contributed by atoms with Gasteiger partial charge in [-0.05, 0) is 24.3 Å². The Morgan fingerprint density at radius 3 is 3.00 bits per heavy atom. The highest BCUT2D eigenvalue weighted by Gasteiger charge is 2.05. The summed E-state index contributed by atoms with van der Waals surface area (Å²) in [6.45, 7) is 2.21.